The van der Waals surface area contributed by atoms with E-state index in [1.165, 1.54) is 4.88 Å². The molecule has 1 aliphatic heterocycles. The van der Waals surface area contributed by atoms with Gasteiger partial charge in [-0.2, -0.15) is 0 Å². The molecule has 4 nitrogen and oxygen atoms in total. The number of nitrogens with zero attached hydrogens (tertiary/aromatic N) is 2. The first-order valence-electron chi connectivity index (χ1n) is 7.31. The Morgan fingerprint density at radius 3 is 3.10 bits per heavy atom. The standard InChI is InChI=1S/C16H22N2O2S/c1-2-7-18(11-15-6-4-9-21-15)16(20)12-17-8-3-5-14(10-17)13-19/h2,4,6,9,13-14H,1,3,5,7-8,10-12H2. The van der Waals surface area contributed by atoms with Gasteiger partial charge in [-0.1, -0.05) is 12.1 Å². The summed E-state index contributed by atoms with van der Waals surface area (Å²) in [6.45, 7) is 6.92. The van der Waals surface area contributed by atoms with Crippen LogP contribution in [0.25, 0.3) is 0 Å². The second-order valence-corrected chi connectivity index (χ2v) is 6.45. The van der Waals surface area contributed by atoms with E-state index in [0.717, 1.165) is 25.7 Å². The van der Waals surface area contributed by atoms with Crippen molar-refractivity contribution in [1.29, 1.82) is 0 Å². The minimum absolute atomic E-state index is 0.0803. The molecule has 1 unspecified atom stereocenters. The van der Waals surface area contributed by atoms with Crippen molar-refractivity contribution in [2.24, 2.45) is 5.92 Å². The number of carbonyl (C=O) groups is 2. The topological polar surface area (TPSA) is 40.6 Å². The molecular weight excluding hydrogens is 284 g/mol. The highest BCUT2D eigenvalue weighted by atomic mass is 32.1. The van der Waals surface area contributed by atoms with E-state index in [4.69, 9.17) is 0 Å². The van der Waals surface area contributed by atoms with Gasteiger partial charge in [-0.25, -0.2) is 0 Å². The Labute approximate surface area is 130 Å². The number of hydrogen-bond acceptors (Lipinski definition) is 4. The number of aldehydes is 1. The van der Waals surface area contributed by atoms with Gasteiger partial charge in [-0.05, 0) is 30.8 Å². The Kier molecular flexibility index (Phi) is 6.14. The molecule has 1 aromatic rings. The molecule has 0 saturated carbocycles. The van der Waals surface area contributed by atoms with Crippen molar-refractivity contribution >= 4 is 23.5 Å². The molecule has 0 radical (unpaired) electrons. The summed E-state index contributed by atoms with van der Waals surface area (Å²) in [7, 11) is 0. The Morgan fingerprint density at radius 1 is 1.57 bits per heavy atom. The van der Waals surface area contributed by atoms with Gasteiger partial charge in [0.1, 0.15) is 6.29 Å². The summed E-state index contributed by atoms with van der Waals surface area (Å²) >= 11 is 1.66. The number of hydrogen-bond donors (Lipinski definition) is 0. The first-order chi connectivity index (χ1) is 10.2. The molecule has 0 aromatic carbocycles. The number of piperidine rings is 1. The summed E-state index contributed by atoms with van der Waals surface area (Å²) in [6, 6.07) is 4.03. The third kappa shape index (κ3) is 4.79. The lowest BCUT2D eigenvalue weighted by molar-refractivity contribution is -0.133. The number of rotatable bonds is 7. The maximum absolute atomic E-state index is 12.5. The first-order valence-corrected chi connectivity index (χ1v) is 8.19. The van der Waals surface area contributed by atoms with E-state index in [0.29, 0.717) is 26.2 Å². The molecule has 1 saturated heterocycles. The molecular formula is C16H22N2O2S. The van der Waals surface area contributed by atoms with Gasteiger partial charge in [0.2, 0.25) is 5.91 Å². The Morgan fingerprint density at radius 2 is 2.43 bits per heavy atom. The van der Waals surface area contributed by atoms with Crippen molar-refractivity contribution < 1.29 is 9.59 Å². The van der Waals surface area contributed by atoms with E-state index in [1.807, 2.05) is 22.4 Å². The summed E-state index contributed by atoms with van der Waals surface area (Å²) in [6.07, 6.45) is 4.71. The van der Waals surface area contributed by atoms with E-state index in [9.17, 15) is 9.59 Å². The van der Waals surface area contributed by atoms with Crippen LogP contribution in [0.4, 0.5) is 0 Å². The Hall–Kier alpha value is -1.46. The minimum Gasteiger partial charge on any atom is -0.333 e. The highest BCUT2D eigenvalue weighted by Crippen LogP contribution is 2.16. The van der Waals surface area contributed by atoms with Crippen molar-refractivity contribution in [2.75, 3.05) is 26.2 Å². The van der Waals surface area contributed by atoms with Crippen molar-refractivity contribution in [2.45, 2.75) is 19.4 Å². The molecule has 0 N–H and O–H groups in total. The summed E-state index contributed by atoms with van der Waals surface area (Å²) in [5.74, 6) is 0.187. The summed E-state index contributed by atoms with van der Waals surface area (Å²) in [5, 5.41) is 2.02. The van der Waals surface area contributed by atoms with E-state index in [1.54, 1.807) is 17.4 Å². The van der Waals surface area contributed by atoms with Crippen molar-refractivity contribution in [3.63, 3.8) is 0 Å². The van der Waals surface area contributed by atoms with Gasteiger partial charge >= 0.3 is 0 Å². The highest BCUT2D eigenvalue weighted by Gasteiger charge is 2.23. The fourth-order valence-corrected chi connectivity index (χ4v) is 3.36. The fraction of sp³-hybridized carbons (Fsp3) is 0.500. The van der Waals surface area contributed by atoms with Crippen LogP contribution in [0.2, 0.25) is 0 Å². The number of amides is 1. The first kappa shape index (κ1) is 15.9. The van der Waals surface area contributed by atoms with E-state index in [2.05, 4.69) is 11.5 Å². The van der Waals surface area contributed by atoms with Gasteiger partial charge < -0.3 is 9.69 Å². The van der Waals surface area contributed by atoms with Crippen LogP contribution in [0.15, 0.2) is 30.2 Å². The van der Waals surface area contributed by atoms with Crippen molar-refractivity contribution in [3.05, 3.63) is 35.0 Å². The largest absolute Gasteiger partial charge is 0.333 e. The summed E-state index contributed by atoms with van der Waals surface area (Å²) in [4.78, 5) is 28.5. The van der Waals surface area contributed by atoms with Crippen LogP contribution in [-0.2, 0) is 16.1 Å². The number of thiophene rings is 1. The fourth-order valence-electron chi connectivity index (χ4n) is 2.64. The maximum Gasteiger partial charge on any atom is 0.237 e. The van der Waals surface area contributed by atoms with Gasteiger partial charge in [0.05, 0.1) is 13.1 Å². The second kappa shape index (κ2) is 8.10. The molecule has 0 spiro atoms. The summed E-state index contributed by atoms with van der Waals surface area (Å²) in [5.41, 5.74) is 0. The molecule has 1 amide bonds. The van der Waals surface area contributed by atoms with Crippen LogP contribution < -0.4 is 0 Å². The van der Waals surface area contributed by atoms with Gasteiger partial charge in [0.25, 0.3) is 0 Å². The average Bonchev–Trinajstić information content (AvgIpc) is 3.00. The zero-order valence-corrected chi connectivity index (χ0v) is 13.1. The zero-order valence-electron chi connectivity index (χ0n) is 12.2. The lowest BCUT2D eigenvalue weighted by Crippen LogP contribution is -2.44. The monoisotopic (exact) mass is 306 g/mol. The molecule has 114 valence electrons. The molecule has 1 aromatic heterocycles. The smallest absolute Gasteiger partial charge is 0.237 e. The molecule has 1 fully saturated rings. The second-order valence-electron chi connectivity index (χ2n) is 5.42. The van der Waals surface area contributed by atoms with Gasteiger partial charge in [-0.15, -0.1) is 17.9 Å². The number of carbonyl (C=O) groups excluding carboxylic acids is 2. The lowest BCUT2D eigenvalue weighted by Gasteiger charge is -2.31. The minimum atomic E-state index is 0.0803. The average molecular weight is 306 g/mol. The predicted molar refractivity (Wildman–Crippen MR) is 85.2 cm³/mol. The third-order valence-corrected chi connectivity index (χ3v) is 4.58. The molecule has 5 heteroatoms. The van der Waals surface area contributed by atoms with Crippen LogP contribution in [0.1, 0.15) is 17.7 Å². The van der Waals surface area contributed by atoms with Crippen molar-refractivity contribution in [1.82, 2.24) is 9.80 Å². The van der Waals surface area contributed by atoms with E-state index >= 15 is 0 Å². The normalized spacial score (nSPS) is 19.1. The Bertz CT molecular complexity index is 473. The summed E-state index contributed by atoms with van der Waals surface area (Å²) < 4.78 is 0. The van der Waals surface area contributed by atoms with Gasteiger partial charge in [-0.3, -0.25) is 9.69 Å². The molecule has 0 bridgehead atoms. The number of likely N-dealkylation sites (tertiary alicyclic amines) is 1. The van der Waals surface area contributed by atoms with Crippen LogP contribution in [0.3, 0.4) is 0 Å². The molecule has 21 heavy (non-hydrogen) atoms. The van der Waals surface area contributed by atoms with Crippen LogP contribution in [0, 0.1) is 5.92 Å². The molecule has 2 rings (SSSR count). The lowest BCUT2D eigenvalue weighted by atomic mass is 10.00. The van der Waals surface area contributed by atoms with Crippen LogP contribution in [-0.4, -0.2) is 48.2 Å². The van der Waals surface area contributed by atoms with Gasteiger partial charge in [0.15, 0.2) is 0 Å². The SMILES string of the molecule is C=CCN(Cc1cccs1)C(=O)CN1CCCC(C=O)C1. The quantitative estimate of drug-likeness (QED) is 0.572. The van der Waals surface area contributed by atoms with Crippen LogP contribution in [0.5, 0.6) is 0 Å². The van der Waals surface area contributed by atoms with E-state index in [-0.39, 0.29) is 11.8 Å². The van der Waals surface area contributed by atoms with Gasteiger partial charge in [0, 0.05) is 23.9 Å². The van der Waals surface area contributed by atoms with Crippen molar-refractivity contribution in [3.8, 4) is 0 Å². The zero-order chi connectivity index (χ0) is 15.1. The van der Waals surface area contributed by atoms with E-state index < -0.39 is 0 Å². The molecule has 2 heterocycles. The van der Waals surface area contributed by atoms with Crippen LogP contribution >= 0.6 is 11.3 Å². The molecule has 1 atom stereocenters. The maximum atomic E-state index is 12.5. The predicted octanol–water partition coefficient (Wildman–Crippen LogP) is 2.17. The molecule has 0 aliphatic carbocycles. The highest BCUT2D eigenvalue weighted by molar-refractivity contribution is 7.09. The third-order valence-electron chi connectivity index (χ3n) is 3.72. The Balaban J connectivity index is 1.91. The molecule has 1 aliphatic rings.